The molecule has 2 aliphatic heterocycles. The molecule has 2 atom stereocenters. The quantitative estimate of drug-likeness (QED) is 0.813. The topological polar surface area (TPSA) is 71.9 Å². The minimum Gasteiger partial charge on any atom is -0.481 e. The van der Waals surface area contributed by atoms with Crippen molar-refractivity contribution < 1.29 is 32.5 Å². The highest BCUT2D eigenvalue weighted by Gasteiger charge is 2.52. The highest BCUT2D eigenvalue weighted by Crippen LogP contribution is 2.48. The zero-order valence-corrected chi connectivity index (χ0v) is 16.3. The summed E-state index contributed by atoms with van der Waals surface area (Å²) in [4.78, 5) is 17.9. The summed E-state index contributed by atoms with van der Waals surface area (Å²) in [6, 6.07) is 0.254. The van der Waals surface area contributed by atoms with E-state index in [1.165, 1.54) is 7.11 Å². The molecule has 0 spiro atoms. The lowest BCUT2D eigenvalue weighted by molar-refractivity contribution is -0.138. The van der Waals surface area contributed by atoms with Gasteiger partial charge >= 0.3 is 12.3 Å². The Labute approximate surface area is 161 Å². The molecule has 2 saturated heterocycles. The van der Waals surface area contributed by atoms with Gasteiger partial charge in [0.05, 0.1) is 18.3 Å². The maximum absolute atomic E-state index is 13.2. The molecule has 2 unspecified atom stereocenters. The normalized spacial score (nSPS) is 27.6. The van der Waals surface area contributed by atoms with Crippen LogP contribution in [0.3, 0.4) is 0 Å². The number of alkyl halides is 3. The number of fused-ring (bicyclic) bond motifs is 2. The maximum atomic E-state index is 13.2. The van der Waals surface area contributed by atoms with Gasteiger partial charge in [-0.05, 0) is 39.7 Å². The molecule has 0 saturated carbocycles. The number of carbonyl (C=O) groups is 1. The number of amides is 1. The molecule has 6 nitrogen and oxygen atoms in total. The van der Waals surface area contributed by atoms with E-state index in [0.717, 1.165) is 6.07 Å². The number of aromatic nitrogens is 1. The molecule has 0 aromatic carbocycles. The van der Waals surface area contributed by atoms with E-state index in [4.69, 9.17) is 9.47 Å². The fourth-order valence-corrected chi connectivity index (χ4v) is 4.16. The number of hydrogen-bond acceptors (Lipinski definition) is 5. The average molecular weight is 402 g/mol. The number of methoxy groups -OCH3 is 1. The van der Waals surface area contributed by atoms with Crippen molar-refractivity contribution in [2.45, 2.75) is 75.9 Å². The second kappa shape index (κ2) is 6.79. The van der Waals surface area contributed by atoms with E-state index < -0.39 is 29.0 Å². The first-order chi connectivity index (χ1) is 12.8. The molecule has 1 aromatic heterocycles. The Morgan fingerprint density at radius 3 is 2.29 bits per heavy atom. The lowest BCUT2D eigenvalue weighted by Crippen LogP contribution is -2.53. The van der Waals surface area contributed by atoms with Crippen molar-refractivity contribution in [3.05, 3.63) is 23.4 Å². The van der Waals surface area contributed by atoms with Gasteiger partial charge in [0, 0.05) is 36.7 Å². The van der Waals surface area contributed by atoms with E-state index in [2.05, 4.69) is 4.98 Å². The van der Waals surface area contributed by atoms with Gasteiger partial charge in [-0.1, -0.05) is 0 Å². The fraction of sp³-hybridized carbons (Fsp3) is 0.684. The minimum atomic E-state index is -4.58. The molecule has 1 N–H and O–H groups in total. The Morgan fingerprint density at radius 1 is 1.25 bits per heavy atom. The third-order valence-electron chi connectivity index (χ3n) is 5.24. The van der Waals surface area contributed by atoms with Gasteiger partial charge in [0.1, 0.15) is 5.60 Å². The van der Waals surface area contributed by atoms with Crippen LogP contribution in [0, 0.1) is 0 Å². The second-order valence-electron chi connectivity index (χ2n) is 8.49. The largest absolute Gasteiger partial charge is 0.481 e. The van der Waals surface area contributed by atoms with E-state index in [-0.39, 0.29) is 36.4 Å². The van der Waals surface area contributed by atoms with Crippen LogP contribution in [0.15, 0.2) is 12.3 Å². The molecule has 1 amide bonds. The number of rotatable bonds is 2. The molecule has 2 bridgehead atoms. The van der Waals surface area contributed by atoms with Crippen LogP contribution in [-0.2, 0) is 16.5 Å². The van der Waals surface area contributed by atoms with Crippen LogP contribution >= 0.6 is 0 Å². The lowest BCUT2D eigenvalue weighted by atomic mass is 9.80. The van der Waals surface area contributed by atoms with Crippen molar-refractivity contribution in [2.75, 3.05) is 7.11 Å². The van der Waals surface area contributed by atoms with E-state index in [1.807, 2.05) is 0 Å². The zero-order chi connectivity index (χ0) is 20.9. The summed E-state index contributed by atoms with van der Waals surface area (Å²) in [5.41, 5.74) is -3.16. The first kappa shape index (κ1) is 20.7. The molecule has 156 valence electrons. The zero-order valence-electron chi connectivity index (χ0n) is 16.3. The standard InChI is InChI=1S/C19H25F3N2O4/c1-17(2,3)28-16(25)24-12-5-6-13(24)9-18(26,8-12)14-7-11(19(20,21)22)10-23-15(14)27-4/h7,10,12-13,26H,5-6,8-9H2,1-4H3. The van der Waals surface area contributed by atoms with Crippen molar-refractivity contribution in [1.82, 2.24) is 9.88 Å². The number of aliphatic hydroxyl groups is 1. The average Bonchev–Trinajstić information content (AvgIpc) is 2.84. The minimum absolute atomic E-state index is 0.00515. The number of ether oxygens (including phenoxy) is 2. The second-order valence-corrected chi connectivity index (χ2v) is 8.49. The lowest BCUT2D eigenvalue weighted by Gasteiger charge is -2.44. The number of pyridine rings is 1. The van der Waals surface area contributed by atoms with Gasteiger partial charge in [-0.25, -0.2) is 9.78 Å². The number of nitrogens with zero attached hydrogens (tertiary/aromatic N) is 2. The van der Waals surface area contributed by atoms with E-state index in [9.17, 15) is 23.1 Å². The van der Waals surface area contributed by atoms with Gasteiger partial charge in [-0.2, -0.15) is 13.2 Å². The first-order valence-corrected chi connectivity index (χ1v) is 9.19. The summed E-state index contributed by atoms with van der Waals surface area (Å²) in [7, 11) is 1.30. The molecule has 9 heteroatoms. The number of piperidine rings is 1. The molecule has 3 rings (SSSR count). The Hall–Kier alpha value is -2.03. The molecule has 3 heterocycles. The summed E-state index contributed by atoms with van der Waals surface area (Å²) in [6.45, 7) is 5.31. The van der Waals surface area contributed by atoms with Crippen molar-refractivity contribution >= 4 is 6.09 Å². The Morgan fingerprint density at radius 2 is 1.82 bits per heavy atom. The van der Waals surface area contributed by atoms with Crippen molar-refractivity contribution in [3.63, 3.8) is 0 Å². The first-order valence-electron chi connectivity index (χ1n) is 9.19. The number of halogens is 3. The smallest absolute Gasteiger partial charge is 0.417 e. The Balaban J connectivity index is 1.91. The van der Waals surface area contributed by atoms with Gasteiger partial charge in [0.2, 0.25) is 5.88 Å². The highest BCUT2D eigenvalue weighted by atomic mass is 19.4. The summed E-state index contributed by atoms with van der Waals surface area (Å²) < 4.78 is 50.0. The van der Waals surface area contributed by atoms with Gasteiger partial charge in [-0.3, -0.25) is 0 Å². The molecule has 2 aliphatic rings. The SMILES string of the molecule is COc1ncc(C(F)(F)F)cc1C1(O)CC2CCC(C1)N2C(=O)OC(C)(C)C. The third kappa shape index (κ3) is 3.90. The van der Waals surface area contributed by atoms with Crippen LogP contribution in [0.2, 0.25) is 0 Å². The van der Waals surface area contributed by atoms with Crippen LogP contribution in [0.4, 0.5) is 18.0 Å². The summed E-state index contributed by atoms with van der Waals surface area (Å²) >= 11 is 0. The van der Waals surface area contributed by atoms with Crippen molar-refractivity contribution in [1.29, 1.82) is 0 Å². The van der Waals surface area contributed by atoms with Crippen LogP contribution in [0.1, 0.15) is 57.6 Å². The van der Waals surface area contributed by atoms with Crippen LogP contribution in [0.25, 0.3) is 0 Å². The fourth-order valence-electron chi connectivity index (χ4n) is 4.16. The van der Waals surface area contributed by atoms with Crippen LogP contribution in [-0.4, -0.2) is 45.9 Å². The summed E-state index contributed by atoms with van der Waals surface area (Å²) in [5, 5.41) is 11.3. The van der Waals surface area contributed by atoms with Gasteiger partial charge in [0.25, 0.3) is 0 Å². The van der Waals surface area contributed by atoms with Crippen LogP contribution in [0.5, 0.6) is 5.88 Å². The maximum Gasteiger partial charge on any atom is 0.417 e. The molecule has 2 fully saturated rings. The van der Waals surface area contributed by atoms with Gasteiger partial charge < -0.3 is 19.5 Å². The van der Waals surface area contributed by atoms with Crippen LogP contribution < -0.4 is 4.74 Å². The van der Waals surface area contributed by atoms with E-state index >= 15 is 0 Å². The monoisotopic (exact) mass is 402 g/mol. The van der Waals surface area contributed by atoms with E-state index in [0.29, 0.717) is 19.0 Å². The molecule has 0 aliphatic carbocycles. The molecule has 0 radical (unpaired) electrons. The Kier molecular flexibility index (Phi) is 5.02. The van der Waals surface area contributed by atoms with Crippen molar-refractivity contribution in [3.8, 4) is 5.88 Å². The summed E-state index contributed by atoms with van der Waals surface area (Å²) in [5.74, 6) is -0.0411. The number of hydrogen-bond donors (Lipinski definition) is 1. The predicted octanol–water partition coefficient (Wildman–Crippen LogP) is 3.86. The molecular weight excluding hydrogens is 377 g/mol. The molecular formula is C19H25F3N2O4. The van der Waals surface area contributed by atoms with E-state index in [1.54, 1.807) is 25.7 Å². The predicted molar refractivity (Wildman–Crippen MR) is 93.8 cm³/mol. The van der Waals surface area contributed by atoms with Gasteiger partial charge in [-0.15, -0.1) is 0 Å². The summed E-state index contributed by atoms with van der Waals surface area (Å²) in [6.07, 6.45) is -2.85. The molecule has 1 aromatic rings. The third-order valence-corrected chi connectivity index (χ3v) is 5.24. The number of carbonyl (C=O) groups excluding carboxylic acids is 1. The molecule has 28 heavy (non-hydrogen) atoms. The van der Waals surface area contributed by atoms with Gasteiger partial charge in [0.15, 0.2) is 0 Å². The highest BCUT2D eigenvalue weighted by molar-refractivity contribution is 5.70. The van der Waals surface area contributed by atoms with Crippen molar-refractivity contribution in [2.24, 2.45) is 0 Å². The Bertz CT molecular complexity index is 747.